The van der Waals surface area contributed by atoms with Gasteiger partial charge in [0.1, 0.15) is 4.83 Å². The highest BCUT2D eigenvalue weighted by Crippen LogP contribution is 2.50. The number of thiophene rings is 1. The Morgan fingerprint density at radius 3 is 1.67 bits per heavy atom. The number of hydrogen-bond acceptors (Lipinski definition) is 2. The molecule has 0 amide bonds. The number of hydrogen-bond donors (Lipinski definition) is 0. The zero-order valence-corrected chi connectivity index (χ0v) is 25.0. The number of para-hydroxylation sites is 3. The van der Waals surface area contributed by atoms with Crippen LogP contribution in [-0.2, 0) is 0 Å². The lowest BCUT2D eigenvalue weighted by molar-refractivity contribution is 1.18. The molecule has 0 fully saturated rings. The van der Waals surface area contributed by atoms with E-state index >= 15 is 0 Å². The van der Waals surface area contributed by atoms with Crippen LogP contribution in [0.15, 0.2) is 152 Å². The Hall–Kier alpha value is -5.71. The topological polar surface area (TPSA) is 22.8 Å². The van der Waals surface area contributed by atoms with E-state index in [-0.39, 0.29) is 0 Å². The van der Waals surface area contributed by atoms with Crippen molar-refractivity contribution in [1.29, 1.82) is 0 Å². The lowest BCUT2D eigenvalue weighted by Gasteiger charge is -2.12. The summed E-state index contributed by atoms with van der Waals surface area (Å²) in [4.78, 5) is 5.95. The second-order valence-electron chi connectivity index (χ2n) is 11.6. The molecule has 0 aliphatic heterocycles. The molecule has 4 aromatic heterocycles. The molecule has 0 spiro atoms. The van der Waals surface area contributed by atoms with Gasteiger partial charge in [-0.2, -0.15) is 0 Å². The first-order valence-electron chi connectivity index (χ1n) is 15.2. The molecule has 0 radical (unpaired) electrons. The van der Waals surface area contributed by atoms with E-state index in [1.165, 1.54) is 70.2 Å². The van der Waals surface area contributed by atoms with Crippen molar-refractivity contribution in [3.8, 4) is 22.5 Å². The van der Waals surface area contributed by atoms with Gasteiger partial charge in [0.25, 0.3) is 0 Å². The second-order valence-corrected chi connectivity index (χ2v) is 12.6. The number of fused-ring (bicyclic) bond motifs is 12. The largest absolute Gasteiger partial charge is 0.309 e. The molecule has 10 rings (SSSR count). The highest BCUT2D eigenvalue weighted by atomic mass is 32.1. The first-order chi connectivity index (χ1) is 22.4. The summed E-state index contributed by atoms with van der Waals surface area (Å²) >= 11 is 1.80. The van der Waals surface area contributed by atoms with Gasteiger partial charge in [-0.15, -0.1) is 11.3 Å². The highest BCUT2D eigenvalue weighted by Gasteiger charge is 2.26. The fourth-order valence-electron chi connectivity index (χ4n) is 7.32. The Morgan fingerprint density at radius 2 is 0.956 bits per heavy atom. The maximum atomic E-state index is 4.89. The van der Waals surface area contributed by atoms with E-state index in [9.17, 15) is 0 Å². The third kappa shape index (κ3) is 3.43. The van der Waals surface area contributed by atoms with Crippen LogP contribution >= 0.6 is 11.3 Å². The third-order valence-corrected chi connectivity index (χ3v) is 10.3. The van der Waals surface area contributed by atoms with Crippen LogP contribution < -0.4 is 0 Å². The molecular weight excluding hydrogens is 567 g/mol. The first-order valence-corrected chi connectivity index (χ1v) is 16.1. The van der Waals surface area contributed by atoms with Crippen LogP contribution in [0.5, 0.6) is 0 Å². The van der Waals surface area contributed by atoms with Crippen molar-refractivity contribution in [3.05, 3.63) is 152 Å². The number of benzene rings is 6. The van der Waals surface area contributed by atoms with Crippen LogP contribution in [0.3, 0.4) is 0 Å². The Balaban J connectivity index is 1.45. The van der Waals surface area contributed by atoms with Crippen molar-refractivity contribution in [2.75, 3.05) is 0 Å². The molecule has 45 heavy (non-hydrogen) atoms. The van der Waals surface area contributed by atoms with E-state index in [2.05, 4.69) is 155 Å². The van der Waals surface area contributed by atoms with Crippen molar-refractivity contribution in [2.24, 2.45) is 0 Å². The third-order valence-electron chi connectivity index (χ3n) is 9.16. The molecule has 4 heterocycles. The predicted octanol–water partition coefficient (Wildman–Crippen LogP) is 11.3. The van der Waals surface area contributed by atoms with Gasteiger partial charge in [0.05, 0.1) is 26.8 Å². The average Bonchev–Trinajstić information content (AvgIpc) is 3.77. The van der Waals surface area contributed by atoms with E-state index in [1.807, 2.05) is 6.20 Å². The molecule has 10 aromatic rings. The standard InChI is InChI=1S/C41H25N3S/c1-3-12-26(13-4-1)27-21-23-29(24-22-27)44-34-20-10-8-17-31(34)36-35-30-16-7-9-19-33(30)43(28-14-5-2-6-15-28)38(35)37-32-18-11-25-42-41(32)45-40(37)39(36)44/h1-25H. The van der Waals surface area contributed by atoms with Gasteiger partial charge >= 0.3 is 0 Å². The lowest BCUT2D eigenvalue weighted by Crippen LogP contribution is -1.95. The summed E-state index contributed by atoms with van der Waals surface area (Å²) in [7, 11) is 0. The molecule has 0 saturated carbocycles. The smallest absolute Gasteiger partial charge is 0.124 e. The van der Waals surface area contributed by atoms with E-state index in [1.54, 1.807) is 11.3 Å². The zero-order chi connectivity index (χ0) is 29.5. The van der Waals surface area contributed by atoms with Gasteiger partial charge in [0.2, 0.25) is 0 Å². The summed E-state index contributed by atoms with van der Waals surface area (Å²) in [5, 5.41) is 7.55. The van der Waals surface area contributed by atoms with Crippen molar-refractivity contribution < 1.29 is 0 Å². The van der Waals surface area contributed by atoms with E-state index in [0.29, 0.717) is 0 Å². The number of aromatic nitrogens is 3. The molecule has 0 aliphatic carbocycles. The fourth-order valence-corrected chi connectivity index (χ4v) is 8.50. The molecule has 0 bridgehead atoms. The normalized spacial score (nSPS) is 12.0. The molecule has 6 aromatic carbocycles. The van der Waals surface area contributed by atoms with Gasteiger partial charge in [0, 0.05) is 49.9 Å². The van der Waals surface area contributed by atoms with Crippen molar-refractivity contribution >= 4 is 75.3 Å². The van der Waals surface area contributed by atoms with Gasteiger partial charge in [0.15, 0.2) is 0 Å². The van der Waals surface area contributed by atoms with E-state index in [4.69, 9.17) is 4.98 Å². The average molecular weight is 592 g/mol. The lowest BCUT2D eigenvalue weighted by atomic mass is 10.0. The van der Waals surface area contributed by atoms with E-state index in [0.717, 1.165) is 16.2 Å². The van der Waals surface area contributed by atoms with Crippen LogP contribution in [0, 0.1) is 0 Å². The molecule has 3 nitrogen and oxygen atoms in total. The molecule has 210 valence electrons. The summed E-state index contributed by atoms with van der Waals surface area (Å²) in [6.07, 6.45) is 1.91. The van der Waals surface area contributed by atoms with Crippen LogP contribution in [-0.4, -0.2) is 14.1 Å². The summed E-state index contributed by atoms with van der Waals surface area (Å²) in [6.45, 7) is 0. The zero-order valence-electron chi connectivity index (χ0n) is 24.2. The Kier molecular flexibility index (Phi) is 5.16. The van der Waals surface area contributed by atoms with E-state index < -0.39 is 0 Å². The first kappa shape index (κ1) is 24.7. The van der Waals surface area contributed by atoms with Crippen LogP contribution in [0.25, 0.3) is 86.4 Å². The number of pyridine rings is 1. The molecule has 0 aliphatic rings. The summed E-state index contributed by atoms with van der Waals surface area (Å²) in [5.41, 5.74) is 9.64. The summed E-state index contributed by atoms with van der Waals surface area (Å²) in [6, 6.07) is 52.4. The second kappa shape index (κ2) is 9.39. The molecule has 0 N–H and O–H groups in total. The summed E-state index contributed by atoms with van der Waals surface area (Å²) in [5.74, 6) is 0. The van der Waals surface area contributed by atoms with Gasteiger partial charge < -0.3 is 9.13 Å². The Bertz CT molecular complexity index is 2730. The maximum Gasteiger partial charge on any atom is 0.124 e. The maximum absolute atomic E-state index is 4.89. The predicted molar refractivity (Wildman–Crippen MR) is 191 cm³/mol. The minimum atomic E-state index is 1.06. The molecule has 0 atom stereocenters. The van der Waals surface area contributed by atoms with Crippen LogP contribution in [0.4, 0.5) is 0 Å². The quantitative estimate of drug-likeness (QED) is 0.200. The van der Waals surface area contributed by atoms with Crippen molar-refractivity contribution in [1.82, 2.24) is 14.1 Å². The molecule has 4 heteroatoms. The monoisotopic (exact) mass is 591 g/mol. The van der Waals surface area contributed by atoms with Gasteiger partial charge in [-0.3, -0.25) is 0 Å². The summed E-state index contributed by atoms with van der Waals surface area (Å²) < 4.78 is 6.20. The van der Waals surface area contributed by atoms with Gasteiger partial charge in [-0.25, -0.2) is 4.98 Å². The Labute approximate surface area is 262 Å². The molecule has 0 saturated heterocycles. The number of nitrogens with zero attached hydrogens (tertiary/aromatic N) is 3. The van der Waals surface area contributed by atoms with Crippen LogP contribution in [0.2, 0.25) is 0 Å². The highest BCUT2D eigenvalue weighted by molar-refractivity contribution is 7.26. The Morgan fingerprint density at radius 1 is 0.422 bits per heavy atom. The number of rotatable bonds is 3. The SMILES string of the molecule is c1ccc(-c2ccc(-n3c4ccccc4c4c5c6ccccc6n(-c6ccccc6)c5c5c6cccnc6sc5c43)cc2)cc1. The molecule has 0 unspecified atom stereocenters. The van der Waals surface area contributed by atoms with Crippen molar-refractivity contribution in [3.63, 3.8) is 0 Å². The van der Waals surface area contributed by atoms with Crippen molar-refractivity contribution in [2.45, 2.75) is 0 Å². The minimum absolute atomic E-state index is 1.06. The fraction of sp³-hybridized carbons (Fsp3) is 0. The minimum Gasteiger partial charge on any atom is -0.309 e. The van der Waals surface area contributed by atoms with Gasteiger partial charge in [-0.1, -0.05) is 97.1 Å². The van der Waals surface area contributed by atoms with Gasteiger partial charge in [-0.05, 0) is 59.7 Å². The molecular formula is C41H25N3S. The van der Waals surface area contributed by atoms with Crippen LogP contribution in [0.1, 0.15) is 0 Å².